The third kappa shape index (κ3) is 46.1. The summed E-state index contributed by atoms with van der Waals surface area (Å²) >= 11 is 0. The van der Waals surface area contributed by atoms with Gasteiger partial charge in [-0.25, -0.2) is 4.57 Å². The first-order valence-electron chi connectivity index (χ1n) is 25.2. The SMILES string of the molecule is CCCCCCCC/C=C\CCCCCCCCCCCCCC(=O)OC[C@H](COP(=O)(O)OCCN)OC(=O)CCCCCCCCCCCCCCCCCCC. The molecule has 0 rings (SSSR count). The normalized spacial score (nSPS) is 13.2. The van der Waals surface area contributed by atoms with E-state index in [1.165, 1.54) is 193 Å². The van der Waals surface area contributed by atoms with Crippen LogP contribution in [0.25, 0.3) is 0 Å². The number of nitrogens with two attached hydrogens (primary N) is 1. The molecule has 0 saturated carbocycles. The predicted octanol–water partition coefficient (Wildman–Crippen LogP) is 15.0. The van der Waals surface area contributed by atoms with E-state index in [1.54, 1.807) is 0 Å². The smallest absolute Gasteiger partial charge is 0.462 e. The number of hydrogen-bond acceptors (Lipinski definition) is 8. The van der Waals surface area contributed by atoms with Gasteiger partial charge < -0.3 is 20.1 Å². The van der Waals surface area contributed by atoms with Crippen LogP contribution in [0.4, 0.5) is 0 Å². The molecule has 0 aromatic carbocycles. The van der Waals surface area contributed by atoms with E-state index in [0.29, 0.717) is 6.42 Å². The molecule has 10 heteroatoms. The molecule has 0 amide bonds. The van der Waals surface area contributed by atoms with Gasteiger partial charge in [0.05, 0.1) is 13.2 Å². The van der Waals surface area contributed by atoms with Crippen molar-refractivity contribution in [3.63, 3.8) is 0 Å². The van der Waals surface area contributed by atoms with E-state index in [0.717, 1.165) is 32.1 Å². The molecule has 0 aliphatic heterocycles. The standard InChI is InChI=1S/C49H96NO8P/c1-3-5-7-9-11-13-15-17-19-21-22-23-24-26-27-29-31-33-35-37-39-41-48(51)55-45-47(46-57-59(53,54)56-44-43-50)58-49(52)42-40-38-36-34-32-30-28-25-20-18-16-14-12-10-8-6-4-2/h17,19,47H,3-16,18,20-46,50H2,1-2H3,(H,53,54)/b19-17-/t47-/m1/s1. The molecule has 350 valence electrons. The van der Waals surface area contributed by atoms with Crippen molar-refractivity contribution in [2.75, 3.05) is 26.4 Å². The number of carbonyl (C=O) groups excluding carboxylic acids is 2. The van der Waals surface area contributed by atoms with E-state index in [4.69, 9.17) is 24.3 Å². The van der Waals surface area contributed by atoms with Crippen LogP contribution in [0, 0.1) is 0 Å². The second-order valence-electron chi connectivity index (χ2n) is 17.0. The molecule has 59 heavy (non-hydrogen) atoms. The van der Waals surface area contributed by atoms with E-state index in [9.17, 15) is 19.0 Å². The first kappa shape index (κ1) is 57.8. The summed E-state index contributed by atoms with van der Waals surface area (Å²) in [6.07, 6.45) is 49.6. The Morgan fingerprint density at radius 1 is 0.492 bits per heavy atom. The zero-order valence-electron chi connectivity index (χ0n) is 38.8. The molecule has 2 atom stereocenters. The van der Waals surface area contributed by atoms with Crippen molar-refractivity contribution in [2.24, 2.45) is 5.73 Å². The average molecular weight is 858 g/mol. The Morgan fingerprint density at radius 3 is 1.20 bits per heavy atom. The third-order valence-electron chi connectivity index (χ3n) is 11.2. The lowest BCUT2D eigenvalue weighted by Gasteiger charge is -2.19. The van der Waals surface area contributed by atoms with Crippen molar-refractivity contribution >= 4 is 19.8 Å². The summed E-state index contributed by atoms with van der Waals surface area (Å²) < 4.78 is 32.9. The Kier molecular flexibility index (Phi) is 45.3. The van der Waals surface area contributed by atoms with Crippen LogP contribution in [-0.4, -0.2) is 49.3 Å². The molecule has 9 nitrogen and oxygen atoms in total. The summed E-state index contributed by atoms with van der Waals surface area (Å²) in [7, 11) is -4.38. The number of phosphoric ester groups is 1. The minimum absolute atomic E-state index is 0.0567. The highest BCUT2D eigenvalue weighted by molar-refractivity contribution is 7.47. The van der Waals surface area contributed by atoms with Crippen molar-refractivity contribution in [3.8, 4) is 0 Å². The highest BCUT2D eigenvalue weighted by Crippen LogP contribution is 2.43. The predicted molar refractivity (Wildman–Crippen MR) is 248 cm³/mol. The fourth-order valence-corrected chi connectivity index (χ4v) is 8.16. The van der Waals surface area contributed by atoms with E-state index in [-0.39, 0.29) is 38.6 Å². The molecule has 0 spiro atoms. The maximum absolute atomic E-state index is 12.6. The van der Waals surface area contributed by atoms with Gasteiger partial charge in [-0.05, 0) is 38.5 Å². The third-order valence-corrected chi connectivity index (χ3v) is 12.1. The zero-order valence-corrected chi connectivity index (χ0v) is 39.7. The molecule has 3 N–H and O–H groups in total. The average Bonchev–Trinajstić information content (AvgIpc) is 3.22. The van der Waals surface area contributed by atoms with Crippen LogP contribution in [0.2, 0.25) is 0 Å². The highest BCUT2D eigenvalue weighted by atomic mass is 31.2. The zero-order chi connectivity index (χ0) is 43.2. The number of unbranched alkanes of at least 4 members (excludes halogenated alkanes) is 33. The molecular formula is C49H96NO8P. The number of esters is 2. The van der Waals surface area contributed by atoms with Gasteiger partial charge in [0, 0.05) is 19.4 Å². The highest BCUT2D eigenvalue weighted by Gasteiger charge is 2.26. The van der Waals surface area contributed by atoms with Crippen molar-refractivity contribution in [1.29, 1.82) is 0 Å². The number of hydrogen-bond donors (Lipinski definition) is 2. The Balaban J connectivity index is 4.01. The molecule has 0 bridgehead atoms. The van der Waals surface area contributed by atoms with Crippen molar-refractivity contribution in [2.45, 2.75) is 264 Å². The summed E-state index contributed by atoms with van der Waals surface area (Å²) in [4.78, 5) is 35.0. The minimum Gasteiger partial charge on any atom is -0.462 e. The molecule has 0 aliphatic carbocycles. The van der Waals surface area contributed by atoms with E-state index < -0.39 is 26.5 Å². The van der Waals surface area contributed by atoms with Crippen LogP contribution < -0.4 is 5.73 Å². The van der Waals surface area contributed by atoms with E-state index >= 15 is 0 Å². The lowest BCUT2D eigenvalue weighted by atomic mass is 10.0. The first-order chi connectivity index (χ1) is 28.8. The van der Waals surface area contributed by atoms with Crippen LogP contribution in [0.1, 0.15) is 258 Å². The van der Waals surface area contributed by atoms with Crippen LogP contribution in [0.3, 0.4) is 0 Å². The molecule has 0 fully saturated rings. The second-order valence-corrected chi connectivity index (χ2v) is 18.5. The van der Waals surface area contributed by atoms with Crippen molar-refractivity contribution in [3.05, 3.63) is 12.2 Å². The van der Waals surface area contributed by atoms with Crippen LogP contribution in [0.15, 0.2) is 12.2 Å². The molecule has 0 saturated heterocycles. The number of allylic oxidation sites excluding steroid dienone is 2. The van der Waals surface area contributed by atoms with Crippen molar-refractivity contribution in [1.82, 2.24) is 0 Å². The number of rotatable bonds is 48. The van der Waals surface area contributed by atoms with Gasteiger partial charge in [-0.1, -0.05) is 219 Å². The van der Waals surface area contributed by atoms with Crippen LogP contribution in [0.5, 0.6) is 0 Å². The Labute approximate surface area is 364 Å². The van der Waals surface area contributed by atoms with Gasteiger partial charge in [0.15, 0.2) is 6.10 Å². The number of carbonyl (C=O) groups is 2. The topological polar surface area (TPSA) is 134 Å². The van der Waals surface area contributed by atoms with Gasteiger partial charge >= 0.3 is 19.8 Å². The fraction of sp³-hybridized carbons (Fsp3) is 0.918. The molecule has 0 aromatic heterocycles. The molecule has 0 aromatic rings. The Morgan fingerprint density at radius 2 is 0.831 bits per heavy atom. The summed E-state index contributed by atoms with van der Waals surface area (Å²) in [5.41, 5.74) is 5.36. The molecule has 0 radical (unpaired) electrons. The monoisotopic (exact) mass is 858 g/mol. The number of phosphoric acid groups is 1. The van der Waals surface area contributed by atoms with E-state index in [1.807, 2.05) is 0 Å². The van der Waals surface area contributed by atoms with Crippen molar-refractivity contribution < 1.29 is 37.6 Å². The lowest BCUT2D eigenvalue weighted by Crippen LogP contribution is -2.29. The maximum Gasteiger partial charge on any atom is 0.472 e. The van der Waals surface area contributed by atoms with Gasteiger partial charge in [-0.15, -0.1) is 0 Å². The summed E-state index contributed by atoms with van der Waals surface area (Å²) in [6, 6.07) is 0. The van der Waals surface area contributed by atoms with Gasteiger partial charge in [-0.2, -0.15) is 0 Å². The van der Waals surface area contributed by atoms with Crippen LogP contribution >= 0.6 is 7.82 Å². The largest absolute Gasteiger partial charge is 0.472 e. The summed E-state index contributed by atoms with van der Waals surface area (Å²) in [5, 5.41) is 0. The first-order valence-corrected chi connectivity index (χ1v) is 26.7. The Hall–Kier alpha value is -1.25. The second kappa shape index (κ2) is 46.3. The summed E-state index contributed by atoms with van der Waals surface area (Å²) in [6.45, 7) is 3.78. The minimum atomic E-state index is -4.38. The molecule has 1 unspecified atom stereocenters. The molecular weight excluding hydrogens is 762 g/mol. The van der Waals surface area contributed by atoms with Gasteiger partial charge in [0.1, 0.15) is 6.61 Å². The maximum atomic E-state index is 12.6. The van der Waals surface area contributed by atoms with Gasteiger partial charge in [0.25, 0.3) is 0 Å². The van der Waals surface area contributed by atoms with E-state index in [2.05, 4.69) is 26.0 Å². The fourth-order valence-electron chi connectivity index (χ4n) is 7.40. The Bertz CT molecular complexity index is 980. The summed E-state index contributed by atoms with van der Waals surface area (Å²) in [5.74, 6) is -0.813. The lowest BCUT2D eigenvalue weighted by molar-refractivity contribution is -0.161. The van der Waals surface area contributed by atoms with Gasteiger partial charge in [0.2, 0.25) is 0 Å². The quantitative estimate of drug-likeness (QED) is 0.0265. The van der Waals surface area contributed by atoms with Crippen LogP contribution in [-0.2, 0) is 32.7 Å². The molecule has 0 aliphatic rings. The molecule has 0 heterocycles. The van der Waals surface area contributed by atoms with Gasteiger partial charge in [-0.3, -0.25) is 18.6 Å². The number of ether oxygens (including phenoxy) is 2.